The summed E-state index contributed by atoms with van der Waals surface area (Å²) in [7, 11) is 0. The lowest BCUT2D eigenvalue weighted by Crippen LogP contribution is -2.31. The molecule has 1 unspecified atom stereocenters. The molecule has 0 saturated carbocycles. The van der Waals surface area contributed by atoms with Gasteiger partial charge in [-0.15, -0.1) is 0 Å². The van der Waals surface area contributed by atoms with Crippen LogP contribution in [0.25, 0.3) is 0 Å². The molecule has 1 rings (SSSR count). The molecule has 4 heteroatoms. The lowest BCUT2D eigenvalue weighted by molar-refractivity contribution is -0.127. The van der Waals surface area contributed by atoms with Gasteiger partial charge in [-0.2, -0.15) is 0 Å². The molecule has 0 bridgehead atoms. The molecule has 1 aliphatic heterocycles. The van der Waals surface area contributed by atoms with Crippen molar-refractivity contribution in [2.75, 3.05) is 6.61 Å². The molecule has 1 aliphatic rings. The minimum atomic E-state index is -1.50. The third-order valence-electron chi connectivity index (χ3n) is 1.67. The van der Waals surface area contributed by atoms with Gasteiger partial charge in [-0.1, -0.05) is 0 Å². The molecule has 1 fully saturated rings. The van der Waals surface area contributed by atoms with Crippen LogP contribution in [-0.4, -0.2) is 39.4 Å². The molecule has 13 heavy (non-hydrogen) atoms. The Kier molecular flexibility index (Phi) is 4.32. The maximum Gasteiger partial charge on any atom is 0.156 e. The van der Waals surface area contributed by atoms with E-state index in [1.54, 1.807) is 0 Å². The van der Waals surface area contributed by atoms with Crippen molar-refractivity contribution in [3.8, 4) is 0 Å². The van der Waals surface area contributed by atoms with Crippen LogP contribution in [0.2, 0.25) is 0 Å². The first kappa shape index (κ1) is 12.8. The molecular formula is C9H20O4. The van der Waals surface area contributed by atoms with Gasteiger partial charge in [0, 0.05) is 6.61 Å². The van der Waals surface area contributed by atoms with Crippen LogP contribution in [0.3, 0.4) is 0 Å². The fraction of sp³-hybridized carbons (Fsp3) is 1.00. The van der Waals surface area contributed by atoms with Gasteiger partial charge in [0.1, 0.15) is 0 Å². The first-order valence-electron chi connectivity index (χ1n) is 4.40. The van der Waals surface area contributed by atoms with Crippen LogP contribution in [0.5, 0.6) is 0 Å². The van der Waals surface area contributed by atoms with E-state index in [9.17, 15) is 0 Å². The number of hydrogen-bond acceptors (Lipinski definition) is 4. The molecule has 0 aliphatic carbocycles. The summed E-state index contributed by atoms with van der Waals surface area (Å²) < 4.78 is 5.20. The van der Waals surface area contributed by atoms with E-state index in [1.807, 2.05) is 13.8 Å². The monoisotopic (exact) mass is 192 g/mol. The lowest BCUT2D eigenvalue weighted by Gasteiger charge is -2.20. The van der Waals surface area contributed by atoms with Gasteiger partial charge < -0.3 is 20.1 Å². The summed E-state index contributed by atoms with van der Waals surface area (Å²) in [6.45, 7) is 7.11. The summed E-state index contributed by atoms with van der Waals surface area (Å²) in [6, 6.07) is 0. The van der Waals surface area contributed by atoms with Crippen LogP contribution >= 0.6 is 0 Å². The number of ether oxygens (including phenoxy) is 1. The van der Waals surface area contributed by atoms with E-state index in [4.69, 9.17) is 20.1 Å². The van der Waals surface area contributed by atoms with Gasteiger partial charge in [0.05, 0.1) is 11.7 Å². The highest BCUT2D eigenvalue weighted by atomic mass is 16.5. The van der Waals surface area contributed by atoms with E-state index in [-0.39, 0.29) is 11.7 Å². The van der Waals surface area contributed by atoms with Crippen molar-refractivity contribution in [3.05, 3.63) is 0 Å². The topological polar surface area (TPSA) is 69.9 Å². The maximum absolute atomic E-state index is 9.13. The predicted molar refractivity (Wildman–Crippen MR) is 49.2 cm³/mol. The molecule has 1 atom stereocenters. The average Bonchev–Trinajstić information content (AvgIpc) is 2.07. The Balaban J connectivity index is 0.000000252. The molecule has 4 nitrogen and oxygen atoms in total. The molecular weight excluding hydrogens is 172 g/mol. The van der Waals surface area contributed by atoms with E-state index in [1.165, 1.54) is 13.8 Å². The van der Waals surface area contributed by atoms with Crippen molar-refractivity contribution < 1.29 is 20.1 Å². The second-order valence-corrected chi connectivity index (χ2v) is 4.25. The number of rotatable bonds is 0. The standard InChI is InChI=1S/C6H12O2.C3H8O2/c1-6(2)5(7)3-4-8-6;1-3(2,4)5/h5,7H,3-4H2,1-2H3;4-5H,1-2H3. The Morgan fingerprint density at radius 2 is 1.69 bits per heavy atom. The third kappa shape index (κ3) is 6.95. The van der Waals surface area contributed by atoms with Gasteiger partial charge in [-0.05, 0) is 34.1 Å². The first-order valence-corrected chi connectivity index (χ1v) is 4.40. The predicted octanol–water partition coefficient (Wildman–Crippen LogP) is 0.253. The zero-order chi connectivity index (χ0) is 10.7. The van der Waals surface area contributed by atoms with Crippen molar-refractivity contribution >= 4 is 0 Å². The molecule has 0 aromatic carbocycles. The Bertz CT molecular complexity index is 142. The number of aliphatic hydroxyl groups is 3. The summed E-state index contributed by atoms with van der Waals surface area (Å²) in [4.78, 5) is 0. The number of aliphatic hydroxyl groups excluding tert-OH is 1. The van der Waals surface area contributed by atoms with Gasteiger partial charge in [0.25, 0.3) is 0 Å². The Morgan fingerprint density at radius 3 is 1.77 bits per heavy atom. The maximum atomic E-state index is 9.13. The van der Waals surface area contributed by atoms with Crippen LogP contribution in [0.4, 0.5) is 0 Å². The van der Waals surface area contributed by atoms with Crippen molar-refractivity contribution in [1.82, 2.24) is 0 Å². The first-order chi connectivity index (χ1) is 5.63. The second kappa shape index (κ2) is 4.37. The summed E-state index contributed by atoms with van der Waals surface area (Å²) in [5.74, 6) is -1.50. The fourth-order valence-corrected chi connectivity index (χ4v) is 0.877. The Hall–Kier alpha value is -0.160. The zero-order valence-corrected chi connectivity index (χ0v) is 8.74. The van der Waals surface area contributed by atoms with Gasteiger partial charge in [-0.3, -0.25) is 0 Å². The minimum absolute atomic E-state index is 0.262. The smallest absolute Gasteiger partial charge is 0.156 e. The van der Waals surface area contributed by atoms with Gasteiger partial charge >= 0.3 is 0 Å². The summed E-state index contributed by atoms with van der Waals surface area (Å²) in [5.41, 5.74) is -0.292. The third-order valence-corrected chi connectivity index (χ3v) is 1.67. The molecule has 0 amide bonds. The van der Waals surface area contributed by atoms with Crippen molar-refractivity contribution in [1.29, 1.82) is 0 Å². The molecule has 0 aromatic rings. The zero-order valence-electron chi connectivity index (χ0n) is 8.74. The lowest BCUT2D eigenvalue weighted by atomic mass is 10.0. The molecule has 3 N–H and O–H groups in total. The summed E-state index contributed by atoms with van der Waals surface area (Å²) >= 11 is 0. The molecule has 0 spiro atoms. The average molecular weight is 192 g/mol. The largest absolute Gasteiger partial charge is 0.390 e. The van der Waals surface area contributed by atoms with Crippen LogP contribution in [0.1, 0.15) is 34.1 Å². The summed E-state index contributed by atoms with van der Waals surface area (Å²) in [6.07, 6.45) is 0.523. The van der Waals surface area contributed by atoms with Gasteiger partial charge in [-0.25, -0.2) is 0 Å². The molecule has 0 aromatic heterocycles. The Labute approximate surface area is 79.2 Å². The minimum Gasteiger partial charge on any atom is -0.390 e. The van der Waals surface area contributed by atoms with Crippen molar-refractivity contribution in [3.63, 3.8) is 0 Å². The van der Waals surface area contributed by atoms with Crippen molar-refractivity contribution in [2.45, 2.75) is 51.6 Å². The Morgan fingerprint density at radius 1 is 1.31 bits per heavy atom. The van der Waals surface area contributed by atoms with Crippen LogP contribution in [0, 0.1) is 0 Å². The van der Waals surface area contributed by atoms with E-state index in [0.29, 0.717) is 6.61 Å². The van der Waals surface area contributed by atoms with E-state index in [0.717, 1.165) is 6.42 Å². The summed E-state index contributed by atoms with van der Waals surface area (Å²) in [5, 5.41) is 25.3. The fourth-order valence-electron chi connectivity index (χ4n) is 0.877. The SMILES string of the molecule is CC(C)(O)O.CC1(C)OCCC1O. The molecule has 0 radical (unpaired) electrons. The van der Waals surface area contributed by atoms with Gasteiger partial charge in [0.15, 0.2) is 5.79 Å². The highest BCUT2D eigenvalue weighted by molar-refractivity contribution is 4.83. The van der Waals surface area contributed by atoms with E-state index in [2.05, 4.69) is 0 Å². The van der Waals surface area contributed by atoms with Gasteiger partial charge in [0.2, 0.25) is 0 Å². The molecule has 80 valence electrons. The highest BCUT2D eigenvalue weighted by Crippen LogP contribution is 2.23. The quantitative estimate of drug-likeness (QED) is 0.481. The highest BCUT2D eigenvalue weighted by Gasteiger charge is 2.33. The normalized spacial score (nSPS) is 26.5. The van der Waals surface area contributed by atoms with E-state index < -0.39 is 5.79 Å². The van der Waals surface area contributed by atoms with Crippen LogP contribution in [0.15, 0.2) is 0 Å². The van der Waals surface area contributed by atoms with Crippen molar-refractivity contribution in [2.24, 2.45) is 0 Å². The molecule has 1 heterocycles. The van der Waals surface area contributed by atoms with Crippen LogP contribution in [-0.2, 0) is 4.74 Å². The second-order valence-electron chi connectivity index (χ2n) is 4.25. The van der Waals surface area contributed by atoms with E-state index >= 15 is 0 Å². The molecule has 1 saturated heterocycles. The van der Waals surface area contributed by atoms with Crippen LogP contribution < -0.4 is 0 Å². The number of hydrogen-bond donors (Lipinski definition) is 3.